The first-order chi connectivity index (χ1) is 13.5. The predicted octanol–water partition coefficient (Wildman–Crippen LogP) is 4.05. The van der Waals surface area contributed by atoms with Gasteiger partial charge in [0.05, 0.1) is 31.2 Å². The molecule has 1 rings (SSSR count). The van der Waals surface area contributed by atoms with Crippen molar-refractivity contribution in [1.82, 2.24) is 0 Å². The van der Waals surface area contributed by atoms with E-state index in [0.29, 0.717) is 26.1 Å². The largest absolute Gasteiger partial charge is 0.481 e. The molecule has 0 aliphatic rings. The van der Waals surface area contributed by atoms with Gasteiger partial charge in [0.15, 0.2) is 0 Å². The lowest BCUT2D eigenvalue weighted by Crippen LogP contribution is -2.34. The summed E-state index contributed by atoms with van der Waals surface area (Å²) in [4.78, 5) is 23.2. The van der Waals surface area contributed by atoms with Crippen molar-refractivity contribution in [2.75, 3.05) is 6.61 Å². The summed E-state index contributed by atoms with van der Waals surface area (Å²) in [6.07, 6.45) is -0.480. The maximum atomic E-state index is 12.4. The van der Waals surface area contributed by atoms with Gasteiger partial charge in [-0.1, -0.05) is 44.2 Å². The van der Waals surface area contributed by atoms with E-state index in [9.17, 15) is 14.7 Å². The first-order valence-electron chi connectivity index (χ1n) is 10.2. The normalized spacial score (nSPS) is 15.9. The molecule has 0 heterocycles. The van der Waals surface area contributed by atoms with E-state index in [1.54, 1.807) is 0 Å². The van der Waals surface area contributed by atoms with Crippen LogP contribution >= 0.6 is 0 Å². The fourth-order valence-electron chi connectivity index (χ4n) is 2.82. The van der Waals surface area contributed by atoms with Gasteiger partial charge in [0.2, 0.25) is 0 Å². The molecule has 29 heavy (non-hydrogen) atoms. The van der Waals surface area contributed by atoms with Crippen LogP contribution in [0.4, 0.5) is 0 Å². The minimum Gasteiger partial charge on any atom is -0.481 e. The van der Waals surface area contributed by atoms with E-state index in [0.717, 1.165) is 5.56 Å². The van der Waals surface area contributed by atoms with E-state index in [4.69, 9.17) is 14.6 Å². The van der Waals surface area contributed by atoms with Gasteiger partial charge >= 0.3 is 11.9 Å². The molecule has 0 fully saturated rings. The molecule has 0 bridgehead atoms. The summed E-state index contributed by atoms with van der Waals surface area (Å²) >= 11 is 0. The van der Waals surface area contributed by atoms with Gasteiger partial charge in [0.25, 0.3) is 0 Å². The molecule has 2 N–H and O–H groups in total. The quantitative estimate of drug-likeness (QED) is 0.507. The highest BCUT2D eigenvalue weighted by Crippen LogP contribution is 2.24. The third kappa shape index (κ3) is 9.90. The Bertz CT molecular complexity index is 622. The number of carboxylic acid groups (broad SMARTS) is 1. The van der Waals surface area contributed by atoms with E-state index in [-0.39, 0.29) is 30.3 Å². The van der Waals surface area contributed by atoms with Gasteiger partial charge in [-0.25, -0.2) is 0 Å². The number of aliphatic hydroxyl groups excluding tert-OH is 1. The Morgan fingerprint density at radius 3 is 2.21 bits per heavy atom. The van der Waals surface area contributed by atoms with Crippen LogP contribution in [0.15, 0.2) is 30.3 Å². The molecule has 0 spiro atoms. The summed E-state index contributed by atoms with van der Waals surface area (Å²) in [5.41, 5.74) is 0.463. The fraction of sp³-hybridized carbons (Fsp3) is 0.652. The zero-order valence-electron chi connectivity index (χ0n) is 18.3. The Morgan fingerprint density at radius 2 is 1.66 bits per heavy atom. The molecule has 0 amide bonds. The van der Waals surface area contributed by atoms with Gasteiger partial charge in [-0.05, 0) is 45.1 Å². The molecule has 0 aromatic heterocycles. The van der Waals surface area contributed by atoms with E-state index >= 15 is 0 Å². The van der Waals surface area contributed by atoms with Crippen LogP contribution in [0, 0.1) is 17.3 Å². The highest BCUT2D eigenvalue weighted by molar-refractivity contribution is 5.75. The number of carboxylic acids is 1. The number of carbonyl (C=O) groups excluding carboxylic acids is 1. The Balaban J connectivity index is 2.65. The number of esters is 1. The fourth-order valence-corrected chi connectivity index (χ4v) is 2.82. The zero-order valence-corrected chi connectivity index (χ0v) is 18.3. The number of hydrogen-bond donors (Lipinski definition) is 2. The average Bonchev–Trinajstić information content (AvgIpc) is 2.63. The number of rotatable bonds is 12. The standard InChI is InChI=1S/C23H36O6/c1-16(19(24)13-21(25)26)11-12-20(29-22(27)23(3,4)5)17(2)14-28-15-18-9-7-6-8-10-18/h6-10,16-17,19-20,24H,11-15H2,1-5H3,(H,25,26)/t16-,17+,19+,20-/m0/s1. The molecule has 0 aliphatic carbocycles. The maximum absolute atomic E-state index is 12.4. The molecular weight excluding hydrogens is 372 g/mol. The van der Waals surface area contributed by atoms with E-state index in [2.05, 4.69) is 0 Å². The molecule has 0 radical (unpaired) electrons. The van der Waals surface area contributed by atoms with E-state index in [1.165, 1.54) is 0 Å². The molecule has 6 nitrogen and oxygen atoms in total. The molecule has 1 aromatic rings. The van der Waals surface area contributed by atoms with Gasteiger partial charge in [-0.3, -0.25) is 9.59 Å². The molecule has 6 heteroatoms. The van der Waals surface area contributed by atoms with Gasteiger partial charge in [0, 0.05) is 5.92 Å². The molecule has 164 valence electrons. The number of aliphatic carboxylic acids is 1. The van der Waals surface area contributed by atoms with Crippen LogP contribution in [0.1, 0.15) is 59.4 Å². The number of benzene rings is 1. The zero-order chi connectivity index (χ0) is 22.0. The molecule has 0 saturated heterocycles. The first-order valence-corrected chi connectivity index (χ1v) is 10.2. The van der Waals surface area contributed by atoms with Crippen molar-refractivity contribution in [2.45, 2.75) is 72.7 Å². The summed E-state index contributed by atoms with van der Waals surface area (Å²) < 4.78 is 11.6. The summed E-state index contributed by atoms with van der Waals surface area (Å²) in [5, 5.41) is 18.9. The van der Waals surface area contributed by atoms with Gasteiger partial charge in [-0.15, -0.1) is 0 Å². The van der Waals surface area contributed by atoms with Crippen LogP contribution in [0.3, 0.4) is 0 Å². The minimum absolute atomic E-state index is 0.0335. The SMILES string of the molecule is C[C@H](COCc1ccccc1)[C@H](CC[C@H](C)[C@H](O)CC(=O)O)OC(=O)C(C)(C)C. The van der Waals surface area contributed by atoms with Crippen LogP contribution in [0.2, 0.25) is 0 Å². The number of ether oxygens (including phenoxy) is 2. The van der Waals surface area contributed by atoms with Gasteiger partial charge in [-0.2, -0.15) is 0 Å². The lowest BCUT2D eigenvalue weighted by Gasteiger charge is -2.29. The lowest BCUT2D eigenvalue weighted by atomic mass is 9.91. The maximum Gasteiger partial charge on any atom is 0.311 e. The number of hydrogen-bond acceptors (Lipinski definition) is 5. The Hall–Kier alpha value is -1.92. The monoisotopic (exact) mass is 408 g/mol. The van der Waals surface area contributed by atoms with Crippen molar-refractivity contribution in [3.8, 4) is 0 Å². The lowest BCUT2D eigenvalue weighted by molar-refractivity contribution is -0.163. The van der Waals surface area contributed by atoms with E-state index in [1.807, 2.05) is 65.0 Å². The van der Waals surface area contributed by atoms with Crippen LogP contribution in [0.5, 0.6) is 0 Å². The second-order valence-corrected chi connectivity index (χ2v) is 8.89. The molecule has 4 atom stereocenters. The minimum atomic E-state index is -1.03. The van der Waals surface area contributed by atoms with E-state index < -0.39 is 17.5 Å². The van der Waals surface area contributed by atoms with Crippen molar-refractivity contribution >= 4 is 11.9 Å². The average molecular weight is 409 g/mol. The van der Waals surface area contributed by atoms with Crippen LogP contribution in [-0.2, 0) is 25.7 Å². The molecular formula is C23H36O6. The number of aliphatic hydroxyl groups is 1. The van der Waals surface area contributed by atoms with Crippen molar-refractivity contribution in [1.29, 1.82) is 0 Å². The summed E-state index contributed by atoms with van der Waals surface area (Å²) in [5.74, 6) is -1.55. The Labute approximate surface area is 174 Å². The Kier molecular flexibility index (Phi) is 10.3. The van der Waals surface area contributed by atoms with Gasteiger partial charge < -0.3 is 19.7 Å². The third-order valence-electron chi connectivity index (χ3n) is 4.94. The summed E-state index contributed by atoms with van der Waals surface area (Å²) in [6, 6.07) is 9.86. The third-order valence-corrected chi connectivity index (χ3v) is 4.94. The summed E-state index contributed by atoms with van der Waals surface area (Å²) in [6.45, 7) is 10.1. The molecule has 1 aromatic carbocycles. The molecule has 0 saturated carbocycles. The second kappa shape index (κ2) is 11.9. The van der Waals surface area contributed by atoms with Crippen molar-refractivity contribution in [2.24, 2.45) is 17.3 Å². The number of carbonyl (C=O) groups is 2. The molecule has 0 aliphatic heterocycles. The van der Waals surface area contributed by atoms with Gasteiger partial charge in [0.1, 0.15) is 6.10 Å². The predicted molar refractivity (Wildman–Crippen MR) is 111 cm³/mol. The second-order valence-electron chi connectivity index (χ2n) is 8.89. The molecule has 0 unspecified atom stereocenters. The highest BCUT2D eigenvalue weighted by Gasteiger charge is 2.30. The van der Waals surface area contributed by atoms with Crippen LogP contribution < -0.4 is 0 Å². The first kappa shape index (κ1) is 25.1. The highest BCUT2D eigenvalue weighted by atomic mass is 16.5. The van der Waals surface area contributed by atoms with Crippen molar-refractivity contribution < 1.29 is 29.3 Å². The topological polar surface area (TPSA) is 93.1 Å². The van der Waals surface area contributed by atoms with Crippen molar-refractivity contribution in [3.63, 3.8) is 0 Å². The summed E-state index contributed by atoms with van der Waals surface area (Å²) in [7, 11) is 0. The van der Waals surface area contributed by atoms with Crippen LogP contribution in [0.25, 0.3) is 0 Å². The van der Waals surface area contributed by atoms with Crippen molar-refractivity contribution in [3.05, 3.63) is 35.9 Å². The Morgan fingerprint density at radius 1 is 1.03 bits per heavy atom. The van der Waals surface area contributed by atoms with Crippen LogP contribution in [-0.4, -0.2) is 41.0 Å². The smallest absolute Gasteiger partial charge is 0.311 e.